The highest BCUT2D eigenvalue weighted by Crippen LogP contribution is 2.36. The maximum absolute atomic E-state index is 12.2. The van der Waals surface area contributed by atoms with Crippen LogP contribution in [0.2, 0.25) is 0 Å². The zero-order valence-corrected chi connectivity index (χ0v) is 17.7. The first-order valence-electron chi connectivity index (χ1n) is 8.96. The molecule has 4 N–H and O–H groups in total. The molecule has 1 aliphatic rings. The Hall–Kier alpha value is -1.87. The molecule has 7 nitrogen and oxygen atoms in total. The fraction of sp³-hybridized carbons (Fsp3) is 0.500. The molecule has 0 spiro atoms. The zero-order chi connectivity index (χ0) is 19.6. The predicted molar refractivity (Wildman–Crippen MR) is 113 cm³/mol. The monoisotopic (exact) mass is 456 g/mol. The van der Waals surface area contributed by atoms with Crippen molar-refractivity contribution in [3.63, 3.8) is 0 Å². The molecule has 1 amide bonds. The quantitative estimate of drug-likeness (QED) is 0.316. The van der Waals surface area contributed by atoms with Crippen molar-refractivity contribution in [2.24, 2.45) is 10.8 Å². The summed E-state index contributed by atoms with van der Waals surface area (Å²) in [5.74, 6) is 0.881. The lowest BCUT2D eigenvalue weighted by Gasteiger charge is -2.23. The number of benzene rings is 1. The number of hydrogen-bond acceptors (Lipinski definition) is 5. The van der Waals surface area contributed by atoms with E-state index >= 15 is 0 Å². The minimum Gasteiger partial charge on any atom is -0.490 e. The van der Waals surface area contributed by atoms with Crippen LogP contribution in [0.5, 0.6) is 11.5 Å². The molecule has 0 aliphatic heterocycles. The topological polar surface area (TPSA) is 98.0 Å². The molecule has 1 saturated carbocycles. The average molecular weight is 457 g/mol. The van der Waals surface area contributed by atoms with Crippen molar-refractivity contribution in [1.29, 1.82) is 0 Å². The number of nitrogens with one attached hydrogen (secondary N) is 2. The molecule has 0 aromatic heterocycles. The molecule has 148 valence electrons. The summed E-state index contributed by atoms with van der Waals surface area (Å²) in [6, 6.07) is 3.83. The van der Waals surface area contributed by atoms with Gasteiger partial charge in [0.15, 0.2) is 23.2 Å². The Labute approximate surface area is 173 Å². The lowest BCUT2D eigenvalue weighted by molar-refractivity contribution is -0.124. The summed E-state index contributed by atoms with van der Waals surface area (Å²) >= 11 is 8.17. The molecule has 9 heteroatoms. The number of hydrazone groups is 1. The Kier molecular flexibility index (Phi) is 8.80. The Bertz CT molecular complexity index is 693. The lowest BCUT2D eigenvalue weighted by atomic mass is 9.95. The van der Waals surface area contributed by atoms with E-state index in [0.717, 1.165) is 18.4 Å². The maximum Gasteiger partial charge on any atom is 0.258 e. The summed E-state index contributed by atoms with van der Waals surface area (Å²) < 4.78 is 12.0. The Balaban J connectivity index is 2.02. The average Bonchev–Trinajstić information content (AvgIpc) is 2.62. The van der Waals surface area contributed by atoms with Gasteiger partial charge in [-0.25, -0.2) is 0 Å². The SMILES string of the molecule is CCOc1cc(C=NNC(N)=S)cc(Br)c1OCC(=O)NC1CCCCC1. The van der Waals surface area contributed by atoms with Crippen LogP contribution < -0.4 is 25.9 Å². The molecule has 0 radical (unpaired) electrons. The highest BCUT2D eigenvalue weighted by atomic mass is 79.9. The number of hydrogen-bond donors (Lipinski definition) is 3. The number of nitrogens with two attached hydrogens (primary N) is 1. The van der Waals surface area contributed by atoms with Crippen LogP contribution in [0.4, 0.5) is 0 Å². The molecule has 1 aliphatic carbocycles. The Morgan fingerprint density at radius 1 is 1.37 bits per heavy atom. The first kappa shape index (κ1) is 21.4. The second-order valence-electron chi connectivity index (χ2n) is 6.19. The molecule has 2 rings (SSSR count). The molecule has 0 heterocycles. The zero-order valence-electron chi connectivity index (χ0n) is 15.3. The molecular weight excluding hydrogens is 432 g/mol. The number of carbonyl (C=O) groups is 1. The predicted octanol–water partition coefficient (Wildman–Crippen LogP) is 2.84. The van der Waals surface area contributed by atoms with Gasteiger partial charge >= 0.3 is 0 Å². The van der Waals surface area contributed by atoms with E-state index < -0.39 is 0 Å². The normalized spacial score (nSPS) is 14.7. The van der Waals surface area contributed by atoms with E-state index in [-0.39, 0.29) is 23.7 Å². The molecule has 0 saturated heterocycles. The molecule has 0 atom stereocenters. The number of carbonyl (C=O) groups excluding carboxylic acids is 1. The largest absolute Gasteiger partial charge is 0.490 e. The third-order valence-electron chi connectivity index (χ3n) is 4.04. The van der Waals surface area contributed by atoms with E-state index in [4.69, 9.17) is 27.4 Å². The molecule has 1 fully saturated rings. The van der Waals surface area contributed by atoms with Gasteiger partial charge in [0.05, 0.1) is 17.3 Å². The lowest BCUT2D eigenvalue weighted by Crippen LogP contribution is -2.39. The van der Waals surface area contributed by atoms with Crippen LogP contribution >= 0.6 is 28.1 Å². The van der Waals surface area contributed by atoms with Crippen molar-refractivity contribution in [1.82, 2.24) is 10.7 Å². The molecule has 27 heavy (non-hydrogen) atoms. The Morgan fingerprint density at radius 2 is 2.11 bits per heavy atom. The van der Waals surface area contributed by atoms with E-state index in [1.54, 1.807) is 12.3 Å². The van der Waals surface area contributed by atoms with Gasteiger partial charge in [-0.15, -0.1) is 0 Å². The first-order chi connectivity index (χ1) is 13.0. The summed E-state index contributed by atoms with van der Waals surface area (Å²) in [5, 5.41) is 7.05. The number of nitrogens with zero attached hydrogens (tertiary/aromatic N) is 1. The number of rotatable bonds is 8. The fourth-order valence-electron chi connectivity index (χ4n) is 2.89. The fourth-order valence-corrected chi connectivity index (χ4v) is 3.52. The van der Waals surface area contributed by atoms with Crippen LogP contribution in [-0.2, 0) is 4.79 Å². The minimum atomic E-state index is -0.123. The Morgan fingerprint density at radius 3 is 2.78 bits per heavy atom. The maximum atomic E-state index is 12.2. The van der Waals surface area contributed by atoms with Gasteiger partial charge in [-0.2, -0.15) is 5.10 Å². The van der Waals surface area contributed by atoms with E-state index in [0.29, 0.717) is 22.6 Å². The van der Waals surface area contributed by atoms with Crippen molar-refractivity contribution in [3.8, 4) is 11.5 Å². The van der Waals surface area contributed by atoms with Crippen molar-refractivity contribution in [3.05, 3.63) is 22.2 Å². The molecule has 0 unspecified atom stereocenters. The van der Waals surface area contributed by atoms with Gasteiger partial charge in [-0.3, -0.25) is 10.2 Å². The van der Waals surface area contributed by atoms with Crippen LogP contribution in [0, 0.1) is 0 Å². The number of halogens is 1. The smallest absolute Gasteiger partial charge is 0.258 e. The van der Waals surface area contributed by atoms with Crippen molar-refractivity contribution in [2.75, 3.05) is 13.2 Å². The van der Waals surface area contributed by atoms with Crippen LogP contribution in [0.15, 0.2) is 21.7 Å². The van der Waals surface area contributed by atoms with E-state index in [1.165, 1.54) is 19.3 Å². The van der Waals surface area contributed by atoms with Gasteiger partial charge in [0, 0.05) is 6.04 Å². The highest BCUT2D eigenvalue weighted by Gasteiger charge is 2.18. The summed E-state index contributed by atoms with van der Waals surface area (Å²) in [6.07, 6.45) is 7.21. The van der Waals surface area contributed by atoms with Crippen LogP contribution in [0.1, 0.15) is 44.6 Å². The van der Waals surface area contributed by atoms with Crippen molar-refractivity contribution in [2.45, 2.75) is 45.1 Å². The summed E-state index contributed by atoms with van der Waals surface area (Å²) in [7, 11) is 0. The second-order valence-corrected chi connectivity index (χ2v) is 7.48. The van der Waals surface area contributed by atoms with Crippen molar-refractivity contribution < 1.29 is 14.3 Å². The minimum absolute atomic E-state index is 0.0639. The summed E-state index contributed by atoms with van der Waals surface area (Å²) in [4.78, 5) is 12.2. The standard InChI is InChI=1S/C18H25BrN4O3S/c1-2-25-15-9-12(10-21-23-18(20)27)8-14(19)17(15)26-11-16(24)22-13-6-4-3-5-7-13/h8-10,13H,2-7,11H2,1H3,(H,22,24)(H3,20,23,27). The van der Waals surface area contributed by atoms with E-state index in [9.17, 15) is 4.79 Å². The van der Waals surface area contributed by atoms with Crippen LogP contribution in [0.3, 0.4) is 0 Å². The van der Waals surface area contributed by atoms with Gasteiger partial charge in [0.25, 0.3) is 5.91 Å². The summed E-state index contributed by atoms with van der Waals surface area (Å²) in [5.41, 5.74) is 8.59. The second kappa shape index (κ2) is 11.1. The van der Waals surface area contributed by atoms with E-state index in [1.807, 2.05) is 13.0 Å². The first-order valence-corrected chi connectivity index (χ1v) is 10.2. The number of thiocarbonyl (C=S) groups is 1. The molecule has 1 aromatic carbocycles. The molecule has 0 bridgehead atoms. The highest BCUT2D eigenvalue weighted by molar-refractivity contribution is 9.10. The van der Waals surface area contributed by atoms with Gasteiger partial charge in [0.2, 0.25) is 0 Å². The van der Waals surface area contributed by atoms with Gasteiger partial charge in [-0.05, 0) is 65.6 Å². The third kappa shape index (κ3) is 7.34. The van der Waals surface area contributed by atoms with Crippen molar-refractivity contribution >= 4 is 45.4 Å². The van der Waals surface area contributed by atoms with Crippen LogP contribution in [-0.4, -0.2) is 36.5 Å². The van der Waals surface area contributed by atoms with Gasteiger partial charge < -0.3 is 20.5 Å². The van der Waals surface area contributed by atoms with Crippen LogP contribution in [0.25, 0.3) is 0 Å². The van der Waals surface area contributed by atoms with Gasteiger partial charge in [0.1, 0.15) is 0 Å². The number of amides is 1. The van der Waals surface area contributed by atoms with E-state index in [2.05, 4.69) is 31.8 Å². The molecule has 1 aromatic rings. The number of ether oxygens (including phenoxy) is 2. The summed E-state index contributed by atoms with van der Waals surface area (Å²) in [6.45, 7) is 2.27. The van der Waals surface area contributed by atoms with Gasteiger partial charge in [-0.1, -0.05) is 19.3 Å². The third-order valence-corrected chi connectivity index (χ3v) is 4.72. The molecular formula is C18H25BrN4O3S.